The van der Waals surface area contributed by atoms with Gasteiger partial charge < -0.3 is 15.8 Å². The summed E-state index contributed by atoms with van der Waals surface area (Å²) in [4.78, 5) is 11.9. The summed E-state index contributed by atoms with van der Waals surface area (Å²) in [6.45, 7) is 5.63. The topological polar surface area (TPSA) is 64.3 Å². The highest BCUT2D eigenvalue weighted by atomic mass is 19.1. The van der Waals surface area contributed by atoms with Crippen LogP contribution >= 0.6 is 0 Å². The number of methoxy groups -OCH3 is 1. The molecule has 1 amide bonds. The summed E-state index contributed by atoms with van der Waals surface area (Å²) in [6.07, 6.45) is 0. The number of hydrogen-bond donors (Lipinski definition) is 2. The Balaban J connectivity index is 2.82. The first-order valence-corrected chi connectivity index (χ1v) is 5.65. The molecule has 3 N–H and O–H groups in total. The Morgan fingerprint density at radius 1 is 1.44 bits per heavy atom. The maximum Gasteiger partial charge on any atom is 0.241 e. The van der Waals surface area contributed by atoms with Gasteiger partial charge in [-0.1, -0.05) is 20.8 Å². The number of carbonyl (C=O) groups is 1. The number of amides is 1. The van der Waals surface area contributed by atoms with Crippen LogP contribution in [0.5, 0.6) is 5.75 Å². The lowest BCUT2D eigenvalue weighted by Crippen LogP contribution is -2.45. The van der Waals surface area contributed by atoms with Gasteiger partial charge in [-0.05, 0) is 17.5 Å². The third-order valence-electron chi connectivity index (χ3n) is 2.63. The third kappa shape index (κ3) is 3.43. The van der Waals surface area contributed by atoms with Crippen LogP contribution in [0.4, 0.5) is 10.1 Å². The Morgan fingerprint density at radius 2 is 2.06 bits per heavy atom. The molecule has 0 heterocycles. The number of rotatable bonds is 3. The van der Waals surface area contributed by atoms with Crippen molar-refractivity contribution in [2.75, 3.05) is 12.4 Å². The first kappa shape index (κ1) is 14.4. The lowest BCUT2D eigenvalue weighted by atomic mass is 9.87. The molecule has 100 valence electrons. The van der Waals surface area contributed by atoms with Gasteiger partial charge in [0.05, 0.1) is 13.2 Å². The molecule has 0 bridgehead atoms. The summed E-state index contributed by atoms with van der Waals surface area (Å²) in [7, 11) is 1.37. The van der Waals surface area contributed by atoms with Crippen LogP contribution in [0.1, 0.15) is 20.8 Å². The summed E-state index contributed by atoms with van der Waals surface area (Å²) < 4.78 is 18.0. The maximum atomic E-state index is 13.2. The molecule has 0 aliphatic rings. The molecule has 5 heteroatoms. The summed E-state index contributed by atoms with van der Waals surface area (Å²) in [6, 6.07) is 3.47. The van der Waals surface area contributed by atoms with Crippen molar-refractivity contribution in [3.8, 4) is 5.75 Å². The van der Waals surface area contributed by atoms with Crippen molar-refractivity contribution < 1.29 is 13.9 Å². The van der Waals surface area contributed by atoms with Crippen LogP contribution in [0.25, 0.3) is 0 Å². The number of anilines is 1. The zero-order chi connectivity index (χ0) is 13.9. The van der Waals surface area contributed by atoms with E-state index in [0.29, 0.717) is 5.69 Å². The first-order valence-electron chi connectivity index (χ1n) is 5.65. The lowest BCUT2D eigenvalue weighted by Gasteiger charge is -2.25. The fraction of sp³-hybridized carbons (Fsp3) is 0.462. The highest BCUT2D eigenvalue weighted by molar-refractivity contribution is 5.95. The molecule has 1 aromatic rings. The Morgan fingerprint density at radius 3 is 2.56 bits per heavy atom. The van der Waals surface area contributed by atoms with Crippen LogP contribution in [0, 0.1) is 11.2 Å². The minimum atomic E-state index is -0.645. The van der Waals surface area contributed by atoms with Crippen molar-refractivity contribution in [2.45, 2.75) is 26.8 Å². The van der Waals surface area contributed by atoms with Gasteiger partial charge in [0.2, 0.25) is 5.91 Å². The smallest absolute Gasteiger partial charge is 0.241 e. The van der Waals surface area contributed by atoms with Gasteiger partial charge in [0.15, 0.2) is 11.6 Å². The predicted molar refractivity (Wildman–Crippen MR) is 69.0 cm³/mol. The van der Waals surface area contributed by atoms with Gasteiger partial charge in [0.25, 0.3) is 0 Å². The standard InChI is InChI=1S/C13H19FN2O2/c1-13(2,3)11(15)12(17)16-8-5-6-9(14)10(7-8)18-4/h5-7,11H,15H2,1-4H3,(H,16,17). The molecule has 1 rings (SSSR count). The van der Waals surface area contributed by atoms with Crippen molar-refractivity contribution in [1.82, 2.24) is 0 Å². The number of nitrogens with two attached hydrogens (primary N) is 1. The van der Waals surface area contributed by atoms with Gasteiger partial charge in [-0.2, -0.15) is 0 Å². The highest BCUT2D eigenvalue weighted by Gasteiger charge is 2.27. The fourth-order valence-electron chi connectivity index (χ4n) is 1.35. The van der Waals surface area contributed by atoms with E-state index in [4.69, 9.17) is 10.5 Å². The summed E-state index contributed by atoms with van der Waals surface area (Å²) >= 11 is 0. The van der Waals surface area contributed by atoms with Gasteiger partial charge in [-0.25, -0.2) is 4.39 Å². The number of hydrogen-bond acceptors (Lipinski definition) is 3. The summed E-state index contributed by atoms with van der Waals surface area (Å²) in [5, 5.41) is 2.64. The van der Waals surface area contributed by atoms with E-state index < -0.39 is 11.9 Å². The quantitative estimate of drug-likeness (QED) is 0.868. The first-order chi connectivity index (χ1) is 8.25. The fourth-order valence-corrected chi connectivity index (χ4v) is 1.35. The van der Waals surface area contributed by atoms with Gasteiger partial charge in [-0.3, -0.25) is 4.79 Å². The van der Waals surface area contributed by atoms with Crippen LogP contribution < -0.4 is 15.8 Å². The van der Waals surface area contributed by atoms with Crippen molar-refractivity contribution in [2.24, 2.45) is 11.1 Å². The molecule has 18 heavy (non-hydrogen) atoms. The molecule has 0 fully saturated rings. The number of halogens is 1. The molecule has 0 aliphatic carbocycles. The van der Waals surface area contributed by atoms with Gasteiger partial charge >= 0.3 is 0 Å². The molecule has 1 atom stereocenters. The minimum absolute atomic E-state index is 0.0807. The molecular weight excluding hydrogens is 235 g/mol. The second-order valence-corrected chi connectivity index (χ2v) is 5.18. The van der Waals surface area contributed by atoms with E-state index in [0.717, 1.165) is 0 Å². The minimum Gasteiger partial charge on any atom is -0.494 e. The molecule has 0 aromatic heterocycles. The second-order valence-electron chi connectivity index (χ2n) is 5.18. The lowest BCUT2D eigenvalue weighted by molar-refractivity contribution is -0.119. The average Bonchev–Trinajstić information content (AvgIpc) is 2.29. The Hall–Kier alpha value is -1.62. The normalized spacial score (nSPS) is 13.0. The van der Waals surface area contributed by atoms with E-state index in [9.17, 15) is 9.18 Å². The van der Waals surface area contributed by atoms with E-state index in [1.54, 1.807) is 0 Å². The zero-order valence-corrected chi connectivity index (χ0v) is 11.1. The van der Waals surface area contributed by atoms with Crippen LogP contribution in [-0.2, 0) is 4.79 Å². The Kier molecular flexibility index (Phi) is 4.29. The SMILES string of the molecule is COc1cc(NC(=O)C(N)C(C)(C)C)ccc1F. The number of carbonyl (C=O) groups excluding carboxylic acids is 1. The van der Waals surface area contributed by atoms with E-state index in [-0.39, 0.29) is 17.1 Å². The van der Waals surface area contributed by atoms with Crippen molar-refractivity contribution in [1.29, 1.82) is 0 Å². The van der Waals surface area contributed by atoms with Gasteiger partial charge in [-0.15, -0.1) is 0 Å². The Bertz CT molecular complexity index is 441. The second kappa shape index (κ2) is 5.35. The molecule has 0 saturated heterocycles. The highest BCUT2D eigenvalue weighted by Crippen LogP contribution is 2.23. The molecule has 1 unspecified atom stereocenters. The molecular formula is C13H19FN2O2. The van der Waals surface area contributed by atoms with E-state index >= 15 is 0 Å². The predicted octanol–water partition coefficient (Wildman–Crippen LogP) is 2.15. The third-order valence-corrected chi connectivity index (χ3v) is 2.63. The molecule has 0 spiro atoms. The van der Waals surface area contributed by atoms with Gasteiger partial charge in [0, 0.05) is 11.8 Å². The molecule has 4 nitrogen and oxygen atoms in total. The van der Waals surface area contributed by atoms with Crippen molar-refractivity contribution in [3.63, 3.8) is 0 Å². The summed E-state index contributed by atoms with van der Waals surface area (Å²) in [5.74, 6) is -0.705. The van der Waals surface area contributed by atoms with Crippen LogP contribution in [0.3, 0.4) is 0 Å². The van der Waals surface area contributed by atoms with E-state index in [1.165, 1.54) is 25.3 Å². The molecule has 1 aromatic carbocycles. The molecule has 0 aliphatic heterocycles. The van der Waals surface area contributed by atoms with Gasteiger partial charge in [0.1, 0.15) is 0 Å². The monoisotopic (exact) mass is 254 g/mol. The summed E-state index contributed by atoms with van der Waals surface area (Å²) in [5.41, 5.74) is 5.94. The maximum absolute atomic E-state index is 13.2. The zero-order valence-electron chi connectivity index (χ0n) is 11.1. The number of ether oxygens (including phenoxy) is 1. The van der Waals surface area contributed by atoms with E-state index in [1.807, 2.05) is 20.8 Å². The van der Waals surface area contributed by atoms with Crippen LogP contribution in [-0.4, -0.2) is 19.1 Å². The number of benzene rings is 1. The van der Waals surface area contributed by atoms with Crippen molar-refractivity contribution in [3.05, 3.63) is 24.0 Å². The van der Waals surface area contributed by atoms with E-state index in [2.05, 4.69) is 5.32 Å². The Labute approximate surface area is 106 Å². The number of nitrogens with one attached hydrogen (secondary N) is 1. The van der Waals surface area contributed by atoms with Crippen LogP contribution in [0.2, 0.25) is 0 Å². The van der Waals surface area contributed by atoms with Crippen molar-refractivity contribution >= 4 is 11.6 Å². The molecule has 0 saturated carbocycles. The van der Waals surface area contributed by atoms with Crippen LogP contribution in [0.15, 0.2) is 18.2 Å². The largest absolute Gasteiger partial charge is 0.494 e. The molecule has 0 radical (unpaired) electrons. The average molecular weight is 254 g/mol.